The number of methoxy groups -OCH3 is 2. The molecule has 0 unspecified atom stereocenters. The molecule has 1 amide bonds. The first-order valence-electron chi connectivity index (χ1n) is 4.55. The van der Waals surface area contributed by atoms with E-state index in [-0.39, 0.29) is 11.8 Å². The van der Waals surface area contributed by atoms with Crippen LogP contribution in [0.1, 0.15) is 10.4 Å². The van der Waals surface area contributed by atoms with Gasteiger partial charge in [-0.25, -0.2) is 5.06 Å². The van der Waals surface area contributed by atoms with Crippen molar-refractivity contribution < 1.29 is 19.1 Å². The number of pyridine rings is 1. The molecule has 0 aromatic carbocycles. The number of hydrogen-bond donors (Lipinski definition) is 0. The summed E-state index contributed by atoms with van der Waals surface area (Å²) in [7, 11) is 5.84. The molecule has 1 aromatic rings. The van der Waals surface area contributed by atoms with Gasteiger partial charge in [0.15, 0.2) is 0 Å². The fraction of sp³-hybridized carbons (Fsp3) is 0.400. The summed E-state index contributed by atoms with van der Waals surface area (Å²) >= 11 is 0. The molecule has 88 valence electrons. The lowest BCUT2D eigenvalue weighted by Crippen LogP contribution is -2.26. The molecular formula is C10H14N2O4. The summed E-state index contributed by atoms with van der Waals surface area (Å²) in [5.41, 5.74) is 0.313. The Hall–Kier alpha value is -1.82. The highest BCUT2D eigenvalue weighted by atomic mass is 16.7. The molecule has 0 aliphatic carbocycles. The molecule has 0 bridgehead atoms. The Morgan fingerprint density at radius 1 is 1.25 bits per heavy atom. The minimum atomic E-state index is -0.338. The van der Waals surface area contributed by atoms with Crippen molar-refractivity contribution in [2.75, 3.05) is 28.4 Å². The third-order valence-corrected chi connectivity index (χ3v) is 2.03. The van der Waals surface area contributed by atoms with Gasteiger partial charge in [-0.05, 0) is 6.07 Å². The molecule has 0 radical (unpaired) electrons. The van der Waals surface area contributed by atoms with Crippen LogP contribution in [0.4, 0.5) is 0 Å². The van der Waals surface area contributed by atoms with E-state index in [0.29, 0.717) is 11.4 Å². The van der Waals surface area contributed by atoms with E-state index in [1.807, 2.05) is 0 Å². The van der Waals surface area contributed by atoms with Gasteiger partial charge in [-0.1, -0.05) is 0 Å². The number of hydrogen-bond acceptors (Lipinski definition) is 5. The quantitative estimate of drug-likeness (QED) is 0.708. The normalized spacial score (nSPS) is 9.75. The number of hydroxylamine groups is 2. The van der Waals surface area contributed by atoms with Crippen LogP contribution in [0.25, 0.3) is 0 Å². The maximum atomic E-state index is 11.8. The van der Waals surface area contributed by atoms with E-state index in [1.165, 1.54) is 28.4 Å². The van der Waals surface area contributed by atoms with Crippen LogP contribution in [0.5, 0.6) is 11.8 Å². The second kappa shape index (κ2) is 5.32. The maximum absolute atomic E-state index is 11.8. The molecule has 1 heterocycles. The van der Waals surface area contributed by atoms with Crippen molar-refractivity contribution in [2.45, 2.75) is 0 Å². The van der Waals surface area contributed by atoms with E-state index in [9.17, 15) is 4.79 Å². The minimum Gasteiger partial charge on any atom is -0.481 e. The molecule has 16 heavy (non-hydrogen) atoms. The number of rotatable bonds is 4. The predicted molar refractivity (Wildman–Crippen MR) is 56.4 cm³/mol. The van der Waals surface area contributed by atoms with Crippen LogP contribution in [0.3, 0.4) is 0 Å². The van der Waals surface area contributed by atoms with Gasteiger partial charge in [-0.2, -0.15) is 4.98 Å². The van der Waals surface area contributed by atoms with Crippen molar-refractivity contribution in [1.29, 1.82) is 0 Å². The topological polar surface area (TPSA) is 60.9 Å². The Balaban J connectivity index is 3.08. The lowest BCUT2D eigenvalue weighted by atomic mass is 10.2. The third-order valence-electron chi connectivity index (χ3n) is 2.03. The standard InChI is InChI=1S/C10H14N2O4/c1-12(16-4)10(13)7-5-6-8(14-2)11-9(7)15-3/h5-6H,1-4H3. The lowest BCUT2D eigenvalue weighted by molar-refractivity contribution is -0.0758. The van der Waals surface area contributed by atoms with E-state index < -0.39 is 0 Å². The van der Waals surface area contributed by atoms with E-state index in [1.54, 1.807) is 12.1 Å². The van der Waals surface area contributed by atoms with Crippen molar-refractivity contribution in [2.24, 2.45) is 0 Å². The highest BCUT2D eigenvalue weighted by Gasteiger charge is 2.18. The van der Waals surface area contributed by atoms with Crippen molar-refractivity contribution in [1.82, 2.24) is 10.0 Å². The third kappa shape index (κ3) is 2.40. The highest BCUT2D eigenvalue weighted by Crippen LogP contribution is 2.20. The average molecular weight is 226 g/mol. The number of nitrogens with zero attached hydrogens (tertiary/aromatic N) is 2. The second-order valence-electron chi connectivity index (χ2n) is 2.90. The summed E-state index contributed by atoms with van der Waals surface area (Å²) in [6.07, 6.45) is 0. The molecule has 0 atom stereocenters. The summed E-state index contributed by atoms with van der Waals surface area (Å²) in [6, 6.07) is 3.15. The number of ether oxygens (including phenoxy) is 2. The lowest BCUT2D eigenvalue weighted by Gasteiger charge is -2.15. The number of aromatic nitrogens is 1. The summed E-state index contributed by atoms with van der Waals surface area (Å²) in [5.74, 6) is 0.247. The Labute approximate surface area is 93.7 Å². The number of carbonyl (C=O) groups excluding carboxylic acids is 1. The second-order valence-corrected chi connectivity index (χ2v) is 2.90. The molecule has 1 rings (SSSR count). The van der Waals surface area contributed by atoms with Gasteiger partial charge in [0.05, 0.1) is 21.3 Å². The van der Waals surface area contributed by atoms with Crippen LogP contribution in [0.15, 0.2) is 12.1 Å². The molecule has 0 saturated carbocycles. The van der Waals surface area contributed by atoms with Gasteiger partial charge in [0.25, 0.3) is 5.91 Å². The van der Waals surface area contributed by atoms with Gasteiger partial charge in [0, 0.05) is 13.1 Å². The first kappa shape index (κ1) is 12.3. The predicted octanol–water partition coefficient (Wildman–Crippen LogP) is 0.732. The summed E-state index contributed by atoms with van der Waals surface area (Å²) in [6.45, 7) is 0. The SMILES string of the molecule is COc1ccc(C(=O)N(C)OC)c(OC)n1. The van der Waals surface area contributed by atoms with Crippen LogP contribution < -0.4 is 9.47 Å². The zero-order valence-electron chi connectivity index (χ0n) is 9.68. The maximum Gasteiger partial charge on any atom is 0.282 e. The van der Waals surface area contributed by atoms with Gasteiger partial charge >= 0.3 is 0 Å². The van der Waals surface area contributed by atoms with Gasteiger partial charge in [-0.15, -0.1) is 0 Å². The van der Waals surface area contributed by atoms with Gasteiger partial charge < -0.3 is 9.47 Å². The molecule has 0 aliphatic heterocycles. The highest BCUT2D eigenvalue weighted by molar-refractivity contribution is 5.95. The van der Waals surface area contributed by atoms with Crippen LogP contribution in [-0.4, -0.2) is 44.3 Å². The molecule has 0 fully saturated rings. The average Bonchev–Trinajstić information content (AvgIpc) is 2.35. The van der Waals surface area contributed by atoms with Crippen LogP contribution in [0.2, 0.25) is 0 Å². The summed E-state index contributed by atoms with van der Waals surface area (Å²) in [5, 5.41) is 1.09. The molecule has 6 heteroatoms. The Kier molecular flexibility index (Phi) is 4.07. The smallest absolute Gasteiger partial charge is 0.282 e. The number of amides is 1. The van der Waals surface area contributed by atoms with Crippen LogP contribution >= 0.6 is 0 Å². The molecule has 0 N–H and O–H groups in total. The van der Waals surface area contributed by atoms with Crippen molar-refractivity contribution in [3.63, 3.8) is 0 Å². The Morgan fingerprint density at radius 2 is 1.94 bits per heavy atom. The number of carbonyl (C=O) groups is 1. The van der Waals surface area contributed by atoms with E-state index in [2.05, 4.69) is 4.98 Å². The minimum absolute atomic E-state index is 0.202. The van der Waals surface area contributed by atoms with E-state index in [0.717, 1.165) is 5.06 Å². The molecular weight excluding hydrogens is 212 g/mol. The van der Waals surface area contributed by atoms with Gasteiger partial charge in [-0.3, -0.25) is 9.63 Å². The largest absolute Gasteiger partial charge is 0.481 e. The van der Waals surface area contributed by atoms with E-state index in [4.69, 9.17) is 14.3 Å². The van der Waals surface area contributed by atoms with Crippen molar-refractivity contribution in [3.8, 4) is 11.8 Å². The van der Waals surface area contributed by atoms with Gasteiger partial charge in [0.1, 0.15) is 5.56 Å². The molecule has 1 aromatic heterocycles. The molecule has 6 nitrogen and oxygen atoms in total. The monoisotopic (exact) mass is 226 g/mol. The molecule has 0 spiro atoms. The molecule has 0 saturated heterocycles. The summed E-state index contributed by atoms with van der Waals surface area (Å²) in [4.78, 5) is 20.6. The van der Waals surface area contributed by atoms with Gasteiger partial charge in [0.2, 0.25) is 11.8 Å². The van der Waals surface area contributed by atoms with Crippen molar-refractivity contribution >= 4 is 5.91 Å². The first-order valence-corrected chi connectivity index (χ1v) is 4.55. The van der Waals surface area contributed by atoms with Crippen LogP contribution in [0, 0.1) is 0 Å². The molecule has 0 aliphatic rings. The van der Waals surface area contributed by atoms with E-state index >= 15 is 0 Å². The Bertz CT molecular complexity index is 381. The van der Waals surface area contributed by atoms with Crippen molar-refractivity contribution in [3.05, 3.63) is 17.7 Å². The van der Waals surface area contributed by atoms with Crippen LogP contribution in [-0.2, 0) is 4.84 Å². The fourth-order valence-electron chi connectivity index (χ4n) is 1.11. The fourth-order valence-corrected chi connectivity index (χ4v) is 1.11. The zero-order chi connectivity index (χ0) is 12.1. The summed E-state index contributed by atoms with van der Waals surface area (Å²) < 4.78 is 9.94. The Morgan fingerprint density at radius 3 is 2.44 bits per heavy atom. The zero-order valence-corrected chi connectivity index (χ0v) is 9.68. The first-order chi connectivity index (χ1) is 7.63.